The molecule has 7 heteroatoms. The van der Waals surface area contributed by atoms with Crippen LogP contribution in [0.15, 0.2) is 4.52 Å². The van der Waals surface area contributed by atoms with Crippen LogP contribution in [0, 0.1) is 31.6 Å². The normalized spacial score (nSPS) is 27.4. The Labute approximate surface area is 160 Å². The van der Waals surface area contributed by atoms with Crippen molar-refractivity contribution in [3.63, 3.8) is 0 Å². The van der Waals surface area contributed by atoms with Gasteiger partial charge in [-0.2, -0.15) is 0 Å². The number of hydrogen-bond acceptors (Lipinski definition) is 5. The Balaban J connectivity index is 1.45. The molecule has 7 nitrogen and oxygen atoms in total. The number of aryl methyl sites for hydroxylation is 2. The van der Waals surface area contributed by atoms with Gasteiger partial charge in [0.25, 0.3) is 5.91 Å². The first-order valence-electron chi connectivity index (χ1n) is 10.1. The van der Waals surface area contributed by atoms with Crippen LogP contribution in [-0.2, 0) is 4.79 Å². The summed E-state index contributed by atoms with van der Waals surface area (Å²) in [6.45, 7) is 12.3. The van der Waals surface area contributed by atoms with Crippen molar-refractivity contribution in [1.82, 2.24) is 20.3 Å². The average Bonchev–Trinajstić information content (AvgIpc) is 3.24. The zero-order chi connectivity index (χ0) is 19.3. The Hall–Kier alpha value is -1.89. The van der Waals surface area contributed by atoms with E-state index in [0.717, 1.165) is 32.5 Å². The van der Waals surface area contributed by atoms with Crippen LogP contribution in [-0.4, -0.2) is 65.0 Å². The topological polar surface area (TPSA) is 78.7 Å². The lowest BCUT2D eigenvalue weighted by molar-refractivity contribution is -0.123. The van der Waals surface area contributed by atoms with Crippen LogP contribution in [0.4, 0.5) is 0 Å². The van der Waals surface area contributed by atoms with Gasteiger partial charge in [0.05, 0.1) is 11.6 Å². The van der Waals surface area contributed by atoms with Crippen molar-refractivity contribution in [2.24, 2.45) is 17.8 Å². The second kappa shape index (κ2) is 6.62. The van der Waals surface area contributed by atoms with Crippen molar-refractivity contribution in [3.05, 3.63) is 17.0 Å². The third-order valence-corrected chi connectivity index (χ3v) is 6.63. The monoisotopic (exact) mass is 374 g/mol. The molecule has 4 heterocycles. The molecule has 1 aromatic heterocycles. The molecule has 1 N–H and O–H groups in total. The largest absolute Gasteiger partial charge is 0.361 e. The van der Waals surface area contributed by atoms with E-state index in [4.69, 9.17) is 4.52 Å². The second-order valence-corrected chi connectivity index (χ2v) is 8.96. The average molecular weight is 374 g/mol. The standard InChI is InChI=1S/C20H30N4O3/c1-12(2)9-23-10-15-16(11-23)20(21-18(15)25)5-7-24(8-6-20)19(26)17-13(3)22-27-14(17)4/h12,15-16H,5-11H2,1-4H3,(H,21,25)/t15-,16+/m1/s1. The molecule has 0 unspecified atom stereocenters. The number of hydrogen-bond donors (Lipinski definition) is 1. The van der Waals surface area contributed by atoms with E-state index in [1.807, 2.05) is 4.90 Å². The maximum Gasteiger partial charge on any atom is 0.259 e. The van der Waals surface area contributed by atoms with Gasteiger partial charge in [-0.1, -0.05) is 19.0 Å². The van der Waals surface area contributed by atoms with E-state index in [0.29, 0.717) is 41.9 Å². The lowest BCUT2D eigenvalue weighted by Gasteiger charge is -2.42. The van der Waals surface area contributed by atoms with Gasteiger partial charge in [0.2, 0.25) is 5.91 Å². The summed E-state index contributed by atoms with van der Waals surface area (Å²) in [7, 11) is 0. The number of rotatable bonds is 3. The SMILES string of the molecule is Cc1noc(C)c1C(=O)N1CCC2(CC1)NC(=O)[C@@H]1CN(CC(C)C)C[C@@H]12. The molecule has 0 radical (unpaired) electrons. The van der Waals surface area contributed by atoms with Gasteiger partial charge < -0.3 is 19.6 Å². The first-order chi connectivity index (χ1) is 12.8. The maximum atomic E-state index is 12.9. The van der Waals surface area contributed by atoms with Crippen molar-refractivity contribution in [2.75, 3.05) is 32.7 Å². The maximum absolute atomic E-state index is 12.9. The fourth-order valence-electron chi connectivity index (χ4n) is 5.36. The highest BCUT2D eigenvalue weighted by molar-refractivity contribution is 5.96. The van der Waals surface area contributed by atoms with Gasteiger partial charge in [-0.3, -0.25) is 9.59 Å². The van der Waals surface area contributed by atoms with Gasteiger partial charge in [0.15, 0.2) is 0 Å². The number of likely N-dealkylation sites (tertiary alicyclic amines) is 2. The third kappa shape index (κ3) is 3.06. The number of amides is 2. The fourth-order valence-corrected chi connectivity index (χ4v) is 5.36. The number of fused-ring (bicyclic) bond motifs is 2. The summed E-state index contributed by atoms with van der Waals surface area (Å²) >= 11 is 0. The summed E-state index contributed by atoms with van der Waals surface area (Å²) in [5.74, 6) is 1.85. The van der Waals surface area contributed by atoms with E-state index in [9.17, 15) is 9.59 Å². The number of carbonyl (C=O) groups is 2. The predicted octanol–water partition coefficient (Wildman–Crippen LogP) is 1.60. The van der Waals surface area contributed by atoms with Crippen molar-refractivity contribution in [1.29, 1.82) is 0 Å². The van der Waals surface area contributed by atoms with Crippen LogP contribution in [0.1, 0.15) is 48.5 Å². The molecule has 1 aromatic rings. The van der Waals surface area contributed by atoms with E-state index in [-0.39, 0.29) is 23.3 Å². The number of nitrogens with one attached hydrogen (secondary N) is 1. The van der Waals surface area contributed by atoms with Crippen LogP contribution >= 0.6 is 0 Å². The molecule has 1 spiro atoms. The Bertz CT molecular complexity index is 729. The van der Waals surface area contributed by atoms with Gasteiger partial charge in [-0.05, 0) is 32.6 Å². The quantitative estimate of drug-likeness (QED) is 0.869. The molecule has 3 aliphatic heterocycles. The zero-order valence-corrected chi connectivity index (χ0v) is 16.7. The molecular weight excluding hydrogens is 344 g/mol. The molecule has 27 heavy (non-hydrogen) atoms. The molecule has 4 rings (SSSR count). The van der Waals surface area contributed by atoms with Crippen LogP contribution < -0.4 is 5.32 Å². The number of carbonyl (C=O) groups excluding carboxylic acids is 2. The van der Waals surface area contributed by atoms with Crippen molar-refractivity contribution in [3.8, 4) is 0 Å². The van der Waals surface area contributed by atoms with Crippen molar-refractivity contribution < 1.29 is 14.1 Å². The molecule has 0 saturated carbocycles. The van der Waals surface area contributed by atoms with Crippen molar-refractivity contribution in [2.45, 2.75) is 46.1 Å². The summed E-state index contributed by atoms with van der Waals surface area (Å²) in [6.07, 6.45) is 1.65. The number of piperidine rings is 1. The van der Waals surface area contributed by atoms with Gasteiger partial charge >= 0.3 is 0 Å². The number of aromatic nitrogens is 1. The Morgan fingerprint density at radius 2 is 2.00 bits per heavy atom. The fraction of sp³-hybridized carbons (Fsp3) is 0.750. The summed E-state index contributed by atoms with van der Waals surface area (Å²) in [6, 6.07) is 0. The summed E-state index contributed by atoms with van der Waals surface area (Å²) in [4.78, 5) is 29.8. The van der Waals surface area contributed by atoms with Crippen LogP contribution in [0.3, 0.4) is 0 Å². The Morgan fingerprint density at radius 3 is 2.59 bits per heavy atom. The lowest BCUT2D eigenvalue weighted by Crippen LogP contribution is -2.56. The molecule has 148 valence electrons. The second-order valence-electron chi connectivity index (χ2n) is 8.96. The summed E-state index contributed by atoms with van der Waals surface area (Å²) < 4.78 is 5.15. The lowest BCUT2D eigenvalue weighted by atomic mass is 9.75. The molecule has 0 bridgehead atoms. The van der Waals surface area contributed by atoms with Crippen molar-refractivity contribution >= 4 is 11.8 Å². The molecule has 2 amide bonds. The highest BCUT2D eigenvalue weighted by atomic mass is 16.5. The van der Waals surface area contributed by atoms with Gasteiger partial charge in [0, 0.05) is 44.2 Å². The minimum Gasteiger partial charge on any atom is -0.361 e. The van der Waals surface area contributed by atoms with Crippen LogP contribution in [0.2, 0.25) is 0 Å². The molecule has 3 saturated heterocycles. The Morgan fingerprint density at radius 1 is 1.30 bits per heavy atom. The summed E-state index contributed by atoms with van der Waals surface area (Å²) in [5, 5.41) is 7.23. The van der Waals surface area contributed by atoms with Crippen LogP contribution in [0.25, 0.3) is 0 Å². The van der Waals surface area contributed by atoms with Gasteiger partial charge in [0.1, 0.15) is 11.3 Å². The molecule has 3 fully saturated rings. The van der Waals surface area contributed by atoms with Crippen LogP contribution in [0.5, 0.6) is 0 Å². The first-order valence-corrected chi connectivity index (χ1v) is 10.1. The predicted molar refractivity (Wildman–Crippen MR) is 100 cm³/mol. The third-order valence-electron chi connectivity index (χ3n) is 6.63. The van der Waals surface area contributed by atoms with E-state index in [1.165, 1.54) is 0 Å². The Kier molecular flexibility index (Phi) is 4.53. The van der Waals surface area contributed by atoms with E-state index >= 15 is 0 Å². The summed E-state index contributed by atoms with van der Waals surface area (Å²) in [5.41, 5.74) is 1.08. The molecule has 0 aliphatic carbocycles. The van der Waals surface area contributed by atoms with E-state index in [1.54, 1.807) is 13.8 Å². The van der Waals surface area contributed by atoms with Gasteiger partial charge in [-0.15, -0.1) is 0 Å². The van der Waals surface area contributed by atoms with Gasteiger partial charge in [-0.25, -0.2) is 0 Å². The number of nitrogens with zero attached hydrogens (tertiary/aromatic N) is 3. The highest BCUT2D eigenvalue weighted by Crippen LogP contribution is 2.44. The molecule has 3 aliphatic rings. The highest BCUT2D eigenvalue weighted by Gasteiger charge is 2.57. The minimum atomic E-state index is -0.150. The minimum absolute atomic E-state index is 0.00479. The first kappa shape index (κ1) is 18.5. The van der Waals surface area contributed by atoms with E-state index in [2.05, 4.69) is 29.2 Å². The zero-order valence-electron chi connectivity index (χ0n) is 16.7. The molecular formula is C20H30N4O3. The van der Waals surface area contributed by atoms with E-state index < -0.39 is 0 Å². The molecule has 0 aromatic carbocycles. The smallest absolute Gasteiger partial charge is 0.259 e. The molecule has 2 atom stereocenters.